The molecule has 2 N–H and O–H groups in total. The summed E-state index contributed by atoms with van der Waals surface area (Å²) in [5, 5.41) is 12.9. The van der Waals surface area contributed by atoms with Crippen LogP contribution in [0.1, 0.15) is 45.4 Å². The molecule has 2 fully saturated rings. The van der Waals surface area contributed by atoms with E-state index in [0.29, 0.717) is 12.6 Å². The first kappa shape index (κ1) is 16.7. The highest BCUT2D eigenvalue weighted by Crippen LogP contribution is 2.38. The standard InChI is InChI=1S/C16H30N2O3/c1-3-17-16(15(19)20)9-4-6-13(16)8-10-18(2)12-14-7-5-11-21-14/h13-14,17H,3-12H2,1-2H3,(H,19,20). The Labute approximate surface area is 128 Å². The van der Waals surface area contributed by atoms with E-state index in [0.717, 1.165) is 51.8 Å². The third-order valence-electron chi connectivity index (χ3n) is 5.09. The van der Waals surface area contributed by atoms with Gasteiger partial charge in [0.15, 0.2) is 0 Å². The Balaban J connectivity index is 1.84. The first-order valence-corrected chi connectivity index (χ1v) is 8.37. The summed E-state index contributed by atoms with van der Waals surface area (Å²) in [6.45, 7) is 5.51. The van der Waals surface area contributed by atoms with Gasteiger partial charge in [-0.15, -0.1) is 0 Å². The summed E-state index contributed by atoms with van der Waals surface area (Å²) in [6.07, 6.45) is 6.44. The van der Waals surface area contributed by atoms with Gasteiger partial charge in [0, 0.05) is 13.2 Å². The lowest BCUT2D eigenvalue weighted by Gasteiger charge is -2.33. The summed E-state index contributed by atoms with van der Waals surface area (Å²) in [7, 11) is 2.12. The van der Waals surface area contributed by atoms with E-state index in [9.17, 15) is 9.90 Å². The number of ether oxygens (including phenoxy) is 1. The predicted octanol–water partition coefficient (Wildman–Crippen LogP) is 1.72. The molecule has 0 aromatic heterocycles. The fraction of sp³-hybridized carbons (Fsp3) is 0.938. The van der Waals surface area contributed by atoms with Crippen molar-refractivity contribution in [2.45, 2.75) is 57.1 Å². The Kier molecular flexibility index (Phi) is 6.02. The van der Waals surface area contributed by atoms with Crippen LogP contribution in [0, 0.1) is 5.92 Å². The number of carbonyl (C=O) groups is 1. The van der Waals surface area contributed by atoms with Crippen LogP contribution in [0.5, 0.6) is 0 Å². The highest BCUT2D eigenvalue weighted by molar-refractivity contribution is 5.79. The molecule has 5 heteroatoms. The minimum absolute atomic E-state index is 0.238. The molecule has 3 unspecified atom stereocenters. The summed E-state index contributed by atoms with van der Waals surface area (Å²) < 4.78 is 5.67. The van der Waals surface area contributed by atoms with E-state index in [4.69, 9.17) is 4.74 Å². The zero-order chi connectivity index (χ0) is 15.3. The maximum Gasteiger partial charge on any atom is 0.324 e. The van der Waals surface area contributed by atoms with Crippen LogP contribution in [-0.4, -0.2) is 60.9 Å². The molecule has 1 aliphatic heterocycles. The Morgan fingerprint density at radius 1 is 1.43 bits per heavy atom. The van der Waals surface area contributed by atoms with E-state index in [1.54, 1.807) is 0 Å². The van der Waals surface area contributed by atoms with Gasteiger partial charge in [0.05, 0.1) is 6.10 Å². The van der Waals surface area contributed by atoms with Crippen molar-refractivity contribution >= 4 is 5.97 Å². The minimum atomic E-state index is -0.695. The molecule has 21 heavy (non-hydrogen) atoms. The van der Waals surface area contributed by atoms with Crippen molar-refractivity contribution in [3.05, 3.63) is 0 Å². The Morgan fingerprint density at radius 2 is 2.24 bits per heavy atom. The molecule has 0 amide bonds. The summed E-state index contributed by atoms with van der Waals surface area (Å²) >= 11 is 0. The van der Waals surface area contributed by atoms with E-state index in [1.165, 1.54) is 6.42 Å². The fourth-order valence-electron chi connectivity index (χ4n) is 3.98. The molecule has 2 rings (SSSR count). The second kappa shape index (κ2) is 7.56. The van der Waals surface area contributed by atoms with E-state index in [1.807, 2.05) is 6.92 Å². The van der Waals surface area contributed by atoms with Crippen molar-refractivity contribution in [3.8, 4) is 0 Å². The number of likely N-dealkylation sites (N-methyl/N-ethyl adjacent to an activating group) is 2. The maximum atomic E-state index is 11.8. The van der Waals surface area contributed by atoms with E-state index < -0.39 is 11.5 Å². The van der Waals surface area contributed by atoms with Crippen molar-refractivity contribution in [1.29, 1.82) is 0 Å². The number of nitrogens with one attached hydrogen (secondary N) is 1. The third-order valence-corrected chi connectivity index (χ3v) is 5.09. The van der Waals surface area contributed by atoms with Crippen LogP contribution in [0.4, 0.5) is 0 Å². The summed E-state index contributed by atoms with van der Waals surface area (Å²) in [6, 6.07) is 0. The molecule has 2 aliphatic rings. The van der Waals surface area contributed by atoms with Gasteiger partial charge in [-0.1, -0.05) is 13.3 Å². The zero-order valence-electron chi connectivity index (χ0n) is 13.4. The lowest BCUT2D eigenvalue weighted by atomic mass is 9.84. The molecule has 5 nitrogen and oxygen atoms in total. The van der Waals surface area contributed by atoms with Gasteiger partial charge in [0.1, 0.15) is 5.54 Å². The number of hydrogen-bond donors (Lipinski definition) is 2. The van der Waals surface area contributed by atoms with Crippen molar-refractivity contribution in [1.82, 2.24) is 10.2 Å². The van der Waals surface area contributed by atoms with Gasteiger partial charge in [-0.05, 0) is 58.2 Å². The van der Waals surface area contributed by atoms with Crippen molar-refractivity contribution in [2.24, 2.45) is 5.92 Å². The first-order valence-electron chi connectivity index (χ1n) is 8.37. The molecule has 1 heterocycles. The maximum absolute atomic E-state index is 11.8. The number of aliphatic carboxylic acids is 1. The average molecular weight is 298 g/mol. The molecule has 0 aromatic rings. The first-order chi connectivity index (χ1) is 10.1. The van der Waals surface area contributed by atoms with Crippen LogP contribution < -0.4 is 5.32 Å². The Hall–Kier alpha value is -0.650. The van der Waals surface area contributed by atoms with Gasteiger partial charge >= 0.3 is 5.97 Å². The lowest BCUT2D eigenvalue weighted by molar-refractivity contribution is -0.146. The van der Waals surface area contributed by atoms with Gasteiger partial charge in [-0.2, -0.15) is 0 Å². The summed E-state index contributed by atoms with van der Waals surface area (Å²) in [4.78, 5) is 14.0. The Morgan fingerprint density at radius 3 is 2.86 bits per heavy atom. The average Bonchev–Trinajstić information content (AvgIpc) is 3.07. The number of carboxylic acid groups (broad SMARTS) is 1. The van der Waals surface area contributed by atoms with Gasteiger partial charge in [0.25, 0.3) is 0 Å². The van der Waals surface area contributed by atoms with Crippen molar-refractivity contribution < 1.29 is 14.6 Å². The van der Waals surface area contributed by atoms with Crippen molar-refractivity contribution in [2.75, 3.05) is 33.3 Å². The molecular weight excluding hydrogens is 268 g/mol. The van der Waals surface area contributed by atoms with Gasteiger partial charge < -0.3 is 20.1 Å². The smallest absolute Gasteiger partial charge is 0.324 e. The normalized spacial score (nSPS) is 32.9. The third kappa shape index (κ3) is 3.96. The monoisotopic (exact) mass is 298 g/mol. The number of rotatable bonds is 8. The van der Waals surface area contributed by atoms with Crippen LogP contribution in [0.3, 0.4) is 0 Å². The van der Waals surface area contributed by atoms with Crippen LogP contribution in [0.15, 0.2) is 0 Å². The van der Waals surface area contributed by atoms with Crippen LogP contribution in [0.25, 0.3) is 0 Å². The molecule has 1 saturated heterocycles. The van der Waals surface area contributed by atoms with Gasteiger partial charge in [-0.25, -0.2) is 0 Å². The van der Waals surface area contributed by atoms with E-state index in [-0.39, 0.29) is 5.92 Å². The summed E-state index contributed by atoms with van der Waals surface area (Å²) in [5.41, 5.74) is -0.695. The fourth-order valence-corrected chi connectivity index (χ4v) is 3.98. The molecule has 0 aromatic carbocycles. The summed E-state index contributed by atoms with van der Waals surface area (Å²) in [5.74, 6) is -0.435. The van der Waals surface area contributed by atoms with Crippen molar-refractivity contribution in [3.63, 3.8) is 0 Å². The van der Waals surface area contributed by atoms with E-state index in [2.05, 4.69) is 17.3 Å². The number of nitrogens with zero attached hydrogens (tertiary/aromatic N) is 1. The molecule has 1 saturated carbocycles. The molecular formula is C16H30N2O3. The highest BCUT2D eigenvalue weighted by atomic mass is 16.5. The molecule has 0 spiro atoms. The molecule has 1 aliphatic carbocycles. The second-order valence-electron chi connectivity index (χ2n) is 6.58. The highest BCUT2D eigenvalue weighted by Gasteiger charge is 2.48. The topological polar surface area (TPSA) is 61.8 Å². The quantitative estimate of drug-likeness (QED) is 0.714. The minimum Gasteiger partial charge on any atom is -0.480 e. The molecule has 122 valence electrons. The molecule has 0 radical (unpaired) electrons. The van der Waals surface area contributed by atoms with Crippen LogP contribution >= 0.6 is 0 Å². The predicted molar refractivity (Wildman–Crippen MR) is 82.5 cm³/mol. The molecule has 3 atom stereocenters. The lowest BCUT2D eigenvalue weighted by Crippen LogP contribution is -2.55. The Bertz CT molecular complexity index is 344. The SMILES string of the molecule is CCNC1(C(=O)O)CCCC1CCN(C)CC1CCCO1. The zero-order valence-corrected chi connectivity index (χ0v) is 13.4. The second-order valence-corrected chi connectivity index (χ2v) is 6.58. The molecule has 0 bridgehead atoms. The van der Waals surface area contributed by atoms with E-state index >= 15 is 0 Å². The number of carboxylic acids is 1. The van der Waals surface area contributed by atoms with Crippen LogP contribution in [-0.2, 0) is 9.53 Å². The van der Waals surface area contributed by atoms with Crippen LogP contribution in [0.2, 0.25) is 0 Å². The van der Waals surface area contributed by atoms with Gasteiger partial charge in [0.2, 0.25) is 0 Å². The largest absolute Gasteiger partial charge is 0.480 e. The van der Waals surface area contributed by atoms with Gasteiger partial charge in [-0.3, -0.25) is 4.79 Å². The number of hydrogen-bond acceptors (Lipinski definition) is 4.